The van der Waals surface area contributed by atoms with Crippen molar-refractivity contribution >= 4 is 16.8 Å². The topological polar surface area (TPSA) is 42.0 Å². The molecule has 4 atom stereocenters. The molecule has 5 rings (SSSR count). The molecule has 1 amide bonds. The first-order valence-electron chi connectivity index (χ1n) is 11.3. The average molecular weight is 399 g/mol. The Bertz CT molecular complexity index is 1120. The summed E-state index contributed by atoms with van der Waals surface area (Å²) in [6.07, 6.45) is 5.36. The number of rotatable bonds is 4. The maximum Gasteiger partial charge on any atom is 0.252 e. The monoisotopic (exact) mass is 398 g/mol. The zero-order valence-corrected chi connectivity index (χ0v) is 18.1. The molecule has 1 heterocycles. The Morgan fingerprint density at radius 2 is 1.90 bits per heavy atom. The summed E-state index contributed by atoms with van der Waals surface area (Å²) in [5, 5.41) is 4.27. The van der Waals surface area contributed by atoms with Gasteiger partial charge in [-0.05, 0) is 75.5 Å². The summed E-state index contributed by atoms with van der Waals surface area (Å²) in [6.45, 7) is 6.40. The zero-order chi connectivity index (χ0) is 20.8. The summed E-state index contributed by atoms with van der Waals surface area (Å²) < 4.78 is 0. The Morgan fingerprint density at radius 1 is 1.07 bits per heavy atom. The maximum absolute atomic E-state index is 13.4. The summed E-state index contributed by atoms with van der Waals surface area (Å²) >= 11 is 0. The van der Waals surface area contributed by atoms with Gasteiger partial charge in [0.15, 0.2) is 0 Å². The molecule has 2 saturated carbocycles. The number of fused-ring (bicyclic) bond motifs is 3. The van der Waals surface area contributed by atoms with Gasteiger partial charge < -0.3 is 5.32 Å². The van der Waals surface area contributed by atoms with Gasteiger partial charge in [-0.15, -0.1) is 0 Å². The van der Waals surface area contributed by atoms with E-state index in [9.17, 15) is 4.79 Å². The fourth-order valence-corrected chi connectivity index (χ4v) is 5.90. The predicted molar refractivity (Wildman–Crippen MR) is 123 cm³/mol. The zero-order valence-electron chi connectivity index (χ0n) is 18.1. The Kier molecular flexibility index (Phi) is 4.85. The van der Waals surface area contributed by atoms with E-state index < -0.39 is 0 Å². The van der Waals surface area contributed by atoms with E-state index in [1.54, 1.807) is 0 Å². The predicted octanol–water partition coefficient (Wildman–Crippen LogP) is 6.07. The quantitative estimate of drug-likeness (QED) is 0.579. The first-order chi connectivity index (χ1) is 14.5. The third-order valence-corrected chi connectivity index (χ3v) is 7.41. The number of aryl methyl sites for hydroxylation is 2. The molecular formula is C27H30N2O. The molecule has 0 saturated heterocycles. The Balaban J connectivity index is 1.50. The molecule has 2 fully saturated rings. The molecule has 3 aromatic rings. The highest BCUT2D eigenvalue weighted by Crippen LogP contribution is 2.49. The van der Waals surface area contributed by atoms with Gasteiger partial charge in [0.2, 0.25) is 0 Å². The van der Waals surface area contributed by atoms with Crippen LogP contribution < -0.4 is 5.32 Å². The standard InChI is InChI=1S/C27H30N2O/c1-16-8-11-21(17(2)12-16)26-15-24(22-6-4-5-7-25(22)29-26)27(30)28-18(3)23-14-19-9-10-20(23)13-19/h4-8,11-12,15,18-20,23H,9-10,13-14H2,1-3H3,(H,28,30). The Morgan fingerprint density at radius 3 is 2.63 bits per heavy atom. The number of hydrogen-bond donors (Lipinski definition) is 1. The molecule has 0 spiro atoms. The first kappa shape index (κ1) is 19.3. The minimum absolute atomic E-state index is 0.0230. The smallest absolute Gasteiger partial charge is 0.252 e. The van der Waals surface area contributed by atoms with Crippen molar-refractivity contribution in [1.29, 1.82) is 0 Å². The molecule has 30 heavy (non-hydrogen) atoms. The molecule has 1 aromatic heterocycles. The van der Waals surface area contributed by atoms with Crippen LogP contribution in [0, 0.1) is 31.6 Å². The Hall–Kier alpha value is -2.68. The van der Waals surface area contributed by atoms with Crippen molar-refractivity contribution in [1.82, 2.24) is 10.3 Å². The van der Waals surface area contributed by atoms with Crippen LogP contribution in [0.2, 0.25) is 0 Å². The maximum atomic E-state index is 13.4. The largest absolute Gasteiger partial charge is 0.349 e. The van der Waals surface area contributed by atoms with E-state index in [1.807, 2.05) is 30.3 Å². The number of carbonyl (C=O) groups is 1. The van der Waals surface area contributed by atoms with Crippen LogP contribution in [0.4, 0.5) is 0 Å². The third kappa shape index (κ3) is 3.40. The van der Waals surface area contributed by atoms with Crippen molar-refractivity contribution in [3.63, 3.8) is 0 Å². The summed E-state index contributed by atoms with van der Waals surface area (Å²) in [4.78, 5) is 18.3. The van der Waals surface area contributed by atoms with Crippen LogP contribution >= 0.6 is 0 Å². The number of aromatic nitrogens is 1. The van der Waals surface area contributed by atoms with Crippen molar-refractivity contribution < 1.29 is 4.79 Å². The summed E-state index contributed by atoms with van der Waals surface area (Å²) in [5.74, 6) is 2.33. The highest BCUT2D eigenvalue weighted by atomic mass is 16.1. The molecule has 154 valence electrons. The number of hydrogen-bond acceptors (Lipinski definition) is 2. The first-order valence-corrected chi connectivity index (χ1v) is 11.3. The molecule has 2 aliphatic carbocycles. The number of nitrogens with one attached hydrogen (secondary N) is 1. The van der Waals surface area contributed by atoms with Crippen LogP contribution in [-0.2, 0) is 0 Å². The van der Waals surface area contributed by atoms with Gasteiger partial charge in [-0.1, -0.05) is 48.4 Å². The molecule has 0 aliphatic heterocycles. The minimum Gasteiger partial charge on any atom is -0.349 e. The van der Waals surface area contributed by atoms with Crippen LogP contribution in [0.1, 0.15) is 54.1 Å². The van der Waals surface area contributed by atoms with E-state index in [1.165, 1.54) is 36.8 Å². The van der Waals surface area contributed by atoms with Gasteiger partial charge >= 0.3 is 0 Å². The van der Waals surface area contributed by atoms with Crippen molar-refractivity contribution in [2.24, 2.45) is 17.8 Å². The van der Waals surface area contributed by atoms with Crippen LogP contribution in [0.25, 0.3) is 22.2 Å². The summed E-state index contributed by atoms with van der Waals surface area (Å²) in [5.41, 5.74) is 5.96. The number of para-hydroxylation sites is 1. The van der Waals surface area contributed by atoms with E-state index >= 15 is 0 Å². The lowest BCUT2D eigenvalue weighted by Gasteiger charge is -2.28. The number of benzene rings is 2. The number of nitrogens with zero attached hydrogens (tertiary/aromatic N) is 1. The second-order valence-electron chi connectivity index (χ2n) is 9.49. The van der Waals surface area contributed by atoms with Crippen molar-refractivity contribution in [3.05, 3.63) is 65.2 Å². The average Bonchev–Trinajstić information content (AvgIpc) is 3.36. The normalized spacial score (nSPS) is 23.6. The molecule has 2 aliphatic rings. The molecule has 2 bridgehead atoms. The molecule has 3 heteroatoms. The number of pyridine rings is 1. The third-order valence-electron chi connectivity index (χ3n) is 7.41. The lowest BCUT2D eigenvalue weighted by atomic mass is 9.84. The van der Waals surface area contributed by atoms with Gasteiger partial charge in [0, 0.05) is 17.0 Å². The lowest BCUT2D eigenvalue weighted by Crippen LogP contribution is -2.40. The van der Waals surface area contributed by atoms with Crippen LogP contribution in [-0.4, -0.2) is 16.9 Å². The van der Waals surface area contributed by atoms with Gasteiger partial charge in [0.25, 0.3) is 5.91 Å². The van der Waals surface area contributed by atoms with Crippen LogP contribution in [0.5, 0.6) is 0 Å². The SMILES string of the molecule is Cc1ccc(-c2cc(C(=O)NC(C)C3CC4CCC3C4)c3ccccc3n2)c(C)c1. The second-order valence-corrected chi connectivity index (χ2v) is 9.49. The fourth-order valence-electron chi connectivity index (χ4n) is 5.90. The van der Waals surface area contributed by atoms with Crippen LogP contribution in [0.15, 0.2) is 48.5 Å². The van der Waals surface area contributed by atoms with Crippen molar-refractivity contribution in [2.75, 3.05) is 0 Å². The lowest BCUT2D eigenvalue weighted by molar-refractivity contribution is 0.0917. The molecular weight excluding hydrogens is 368 g/mol. The van der Waals surface area contributed by atoms with Gasteiger partial charge in [0.1, 0.15) is 0 Å². The van der Waals surface area contributed by atoms with Crippen molar-refractivity contribution in [3.8, 4) is 11.3 Å². The van der Waals surface area contributed by atoms with E-state index in [0.717, 1.165) is 39.6 Å². The van der Waals surface area contributed by atoms with E-state index in [4.69, 9.17) is 4.98 Å². The molecule has 2 aromatic carbocycles. The molecule has 4 unspecified atom stereocenters. The van der Waals surface area contributed by atoms with E-state index in [-0.39, 0.29) is 11.9 Å². The summed E-state index contributed by atoms with van der Waals surface area (Å²) in [6, 6.07) is 16.6. The Labute approximate surface area is 178 Å². The van der Waals surface area contributed by atoms with E-state index in [0.29, 0.717) is 5.92 Å². The minimum atomic E-state index is 0.0230. The summed E-state index contributed by atoms with van der Waals surface area (Å²) in [7, 11) is 0. The highest BCUT2D eigenvalue weighted by molar-refractivity contribution is 6.07. The van der Waals surface area contributed by atoms with Gasteiger partial charge in [0.05, 0.1) is 16.8 Å². The van der Waals surface area contributed by atoms with Crippen molar-refractivity contribution in [2.45, 2.75) is 52.5 Å². The highest BCUT2D eigenvalue weighted by Gasteiger charge is 2.42. The van der Waals surface area contributed by atoms with Crippen LogP contribution in [0.3, 0.4) is 0 Å². The molecule has 0 radical (unpaired) electrons. The number of amides is 1. The van der Waals surface area contributed by atoms with Gasteiger partial charge in [-0.3, -0.25) is 4.79 Å². The second kappa shape index (κ2) is 7.54. The fraction of sp³-hybridized carbons (Fsp3) is 0.407. The van der Waals surface area contributed by atoms with Gasteiger partial charge in [-0.25, -0.2) is 4.98 Å². The van der Waals surface area contributed by atoms with E-state index in [2.05, 4.69) is 44.3 Å². The molecule has 1 N–H and O–H groups in total. The van der Waals surface area contributed by atoms with Gasteiger partial charge in [-0.2, -0.15) is 0 Å². The molecule has 3 nitrogen and oxygen atoms in total. The number of carbonyl (C=O) groups excluding carboxylic acids is 1.